The summed E-state index contributed by atoms with van der Waals surface area (Å²) < 4.78 is 0. The summed E-state index contributed by atoms with van der Waals surface area (Å²) in [6.45, 7) is 1.00. The molecule has 2 aromatic rings. The number of nitrogens with one attached hydrogen (secondary N) is 2. The molecule has 0 unspecified atom stereocenters. The second kappa shape index (κ2) is 6.20. The number of amides is 1. The highest BCUT2D eigenvalue weighted by molar-refractivity contribution is 5.82. The van der Waals surface area contributed by atoms with E-state index in [0.717, 1.165) is 18.5 Å². The van der Waals surface area contributed by atoms with E-state index in [1.54, 1.807) is 0 Å². The third-order valence-electron chi connectivity index (χ3n) is 4.97. The molecule has 1 aromatic carbocycles. The molecule has 4 rings (SSSR count). The van der Waals surface area contributed by atoms with Gasteiger partial charge in [0.15, 0.2) is 0 Å². The van der Waals surface area contributed by atoms with E-state index < -0.39 is 0 Å². The van der Waals surface area contributed by atoms with Crippen molar-refractivity contribution in [3.05, 3.63) is 63.8 Å². The van der Waals surface area contributed by atoms with Gasteiger partial charge in [0.1, 0.15) is 0 Å². The van der Waals surface area contributed by atoms with Gasteiger partial charge in [0.25, 0.3) is 5.56 Å². The lowest BCUT2D eigenvalue weighted by Crippen LogP contribution is -2.47. The minimum absolute atomic E-state index is 0.0877. The van der Waals surface area contributed by atoms with E-state index >= 15 is 0 Å². The lowest BCUT2D eigenvalue weighted by molar-refractivity contribution is -0.134. The SMILES string of the molecule is O=C([C@H]1CC[C@H](c2ccccc2)N1)N1CCc2c(nc[nH]c2=O)C1. The van der Waals surface area contributed by atoms with Crippen molar-refractivity contribution in [2.45, 2.75) is 37.9 Å². The summed E-state index contributed by atoms with van der Waals surface area (Å²) in [5, 5.41) is 3.46. The zero-order valence-electron chi connectivity index (χ0n) is 13.4. The van der Waals surface area contributed by atoms with Gasteiger partial charge in [-0.15, -0.1) is 0 Å². The molecule has 0 radical (unpaired) electrons. The Labute approximate surface area is 139 Å². The van der Waals surface area contributed by atoms with Crippen molar-refractivity contribution in [3.63, 3.8) is 0 Å². The fourth-order valence-electron chi connectivity index (χ4n) is 3.66. The Bertz CT molecular complexity index is 802. The first-order chi connectivity index (χ1) is 11.7. The lowest BCUT2D eigenvalue weighted by Gasteiger charge is -2.29. The van der Waals surface area contributed by atoms with Crippen LogP contribution in [0.25, 0.3) is 0 Å². The molecule has 24 heavy (non-hydrogen) atoms. The Morgan fingerprint density at radius 2 is 2.04 bits per heavy atom. The molecule has 2 aliphatic heterocycles. The van der Waals surface area contributed by atoms with Crippen LogP contribution in [-0.2, 0) is 17.8 Å². The highest BCUT2D eigenvalue weighted by Gasteiger charge is 2.34. The Hall–Kier alpha value is -2.47. The van der Waals surface area contributed by atoms with Gasteiger partial charge in [0.2, 0.25) is 5.91 Å². The molecule has 6 nitrogen and oxygen atoms in total. The summed E-state index contributed by atoms with van der Waals surface area (Å²) in [6.07, 6.45) is 3.78. The molecule has 1 amide bonds. The van der Waals surface area contributed by atoms with Crippen LogP contribution in [0.1, 0.15) is 35.7 Å². The molecule has 0 bridgehead atoms. The maximum Gasteiger partial charge on any atom is 0.254 e. The maximum absolute atomic E-state index is 12.8. The first kappa shape index (κ1) is 15.1. The molecule has 0 aliphatic carbocycles. The Morgan fingerprint density at radius 1 is 1.21 bits per heavy atom. The molecule has 1 fully saturated rings. The van der Waals surface area contributed by atoms with Gasteiger partial charge in [-0.05, 0) is 24.8 Å². The van der Waals surface area contributed by atoms with Crippen molar-refractivity contribution in [2.24, 2.45) is 0 Å². The fourth-order valence-corrected chi connectivity index (χ4v) is 3.66. The Morgan fingerprint density at radius 3 is 2.88 bits per heavy atom. The van der Waals surface area contributed by atoms with Crippen LogP contribution in [0.2, 0.25) is 0 Å². The van der Waals surface area contributed by atoms with Crippen molar-refractivity contribution < 1.29 is 4.79 Å². The van der Waals surface area contributed by atoms with E-state index in [9.17, 15) is 9.59 Å². The minimum atomic E-state index is -0.154. The lowest BCUT2D eigenvalue weighted by atomic mass is 10.0. The second-order valence-electron chi connectivity index (χ2n) is 6.43. The van der Waals surface area contributed by atoms with Gasteiger partial charge in [0, 0.05) is 18.2 Å². The quantitative estimate of drug-likeness (QED) is 0.869. The average molecular weight is 324 g/mol. The molecule has 6 heteroatoms. The largest absolute Gasteiger partial charge is 0.335 e. The number of fused-ring (bicyclic) bond motifs is 1. The van der Waals surface area contributed by atoms with Gasteiger partial charge in [-0.3, -0.25) is 14.9 Å². The summed E-state index contributed by atoms with van der Waals surface area (Å²) in [7, 11) is 0. The number of benzene rings is 1. The smallest absolute Gasteiger partial charge is 0.254 e. The monoisotopic (exact) mass is 324 g/mol. The zero-order valence-corrected chi connectivity index (χ0v) is 13.4. The Balaban J connectivity index is 1.45. The summed E-state index contributed by atoms with van der Waals surface area (Å²) >= 11 is 0. The first-order valence-electron chi connectivity index (χ1n) is 8.37. The van der Waals surface area contributed by atoms with Gasteiger partial charge in [-0.25, -0.2) is 4.98 Å². The van der Waals surface area contributed by atoms with Gasteiger partial charge in [0.05, 0.1) is 24.6 Å². The number of hydrogen-bond acceptors (Lipinski definition) is 4. The summed E-state index contributed by atoms with van der Waals surface area (Å²) in [5.41, 5.74) is 2.57. The van der Waals surface area contributed by atoms with Crippen LogP contribution in [0.5, 0.6) is 0 Å². The van der Waals surface area contributed by atoms with Crippen LogP contribution in [0.15, 0.2) is 41.5 Å². The molecule has 2 aliphatic rings. The van der Waals surface area contributed by atoms with Crippen LogP contribution in [0, 0.1) is 0 Å². The molecule has 3 heterocycles. The van der Waals surface area contributed by atoms with Crippen molar-refractivity contribution in [3.8, 4) is 0 Å². The number of hydrogen-bond donors (Lipinski definition) is 2. The zero-order chi connectivity index (χ0) is 16.5. The highest BCUT2D eigenvalue weighted by atomic mass is 16.2. The number of aromatic nitrogens is 2. The topological polar surface area (TPSA) is 78.1 Å². The van der Waals surface area contributed by atoms with Crippen LogP contribution in [0.3, 0.4) is 0 Å². The molecule has 2 atom stereocenters. The molecule has 2 N–H and O–H groups in total. The molecular weight excluding hydrogens is 304 g/mol. The second-order valence-corrected chi connectivity index (χ2v) is 6.43. The average Bonchev–Trinajstić information content (AvgIpc) is 3.12. The normalized spacial score (nSPS) is 23.1. The standard InChI is InChI=1S/C18H20N4O2/c23-17-13-8-9-22(10-16(13)19-11-20-17)18(24)15-7-6-14(21-15)12-4-2-1-3-5-12/h1-5,11,14-15,21H,6-10H2,(H,19,20,23)/t14-,15-/m1/s1. The number of carbonyl (C=O) groups excluding carboxylic acids is 1. The van der Waals surface area contributed by atoms with Crippen LogP contribution in [-0.4, -0.2) is 33.4 Å². The molecule has 0 saturated carbocycles. The first-order valence-corrected chi connectivity index (χ1v) is 8.37. The molecule has 1 aromatic heterocycles. The molecular formula is C18H20N4O2. The Kier molecular flexibility index (Phi) is 3.90. The predicted molar refractivity (Wildman–Crippen MR) is 89.3 cm³/mol. The summed E-state index contributed by atoms with van der Waals surface area (Å²) in [4.78, 5) is 33.3. The van der Waals surface area contributed by atoms with Crippen molar-refractivity contribution >= 4 is 5.91 Å². The van der Waals surface area contributed by atoms with Gasteiger partial charge < -0.3 is 9.88 Å². The third kappa shape index (κ3) is 2.73. The van der Waals surface area contributed by atoms with E-state index in [1.807, 2.05) is 23.1 Å². The van der Waals surface area contributed by atoms with E-state index in [-0.39, 0.29) is 23.6 Å². The third-order valence-corrected chi connectivity index (χ3v) is 4.97. The summed E-state index contributed by atoms with van der Waals surface area (Å²) in [6, 6.07) is 10.3. The predicted octanol–water partition coefficient (Wildman–Crippen LogP) is 1.15. The van der Waals surface area contributed by atoms with E-state index in [4.69, 9.17) is 0 Å². The van der Waals surface area contributed by atoms with Gasteiger partial charge >= 0.3 is 0 Å². The molecule has 1 saturated heterocycles. The molecule has 0 spiro atoms. The van der Waals surface area contributed by atoms with Crippen molar-refractivity contribution in [1.29, 1.82) is 0 Å². The number of nitrogens with zero attached hydrogens (tertiary/aromatic N) is 2. The molecule has 124 valence electrons. The van der Waals surface area contributed by atoms with Gasteiger partial charge in [-0.1, -0.05) is 30.3 Å². The van der Waals surface area contributed by atoms with Gasteiger partial charge in [-0.2, -0.15) is 0 Å². The maximum atomic E-state index is 12.8. The van der Waals surface area contributed by atoms with E-state index in [1.165, 1.54) is 11.9 Å². The summed E-state index contributed by atoms with van der Waals surface area (Å²) in [5.74, 6) is 0.112. The van der Waals surface area contributed by atoms with E-state index in [0.29, 0.717) is 25.1 Å². The van der Waals surface area contributed by atoms with Crippen molar-refractivity contribution in [2.75, 3.05) is 6.54 Å². The number of rotatable bonds is 2. The van der Waals surface area contributed by atoms with Crippen LogP contribution >= 0.6 is 0 Å². The minimum Gasteiger partial charge on any atom is -0.335 e. The number of H-pyrrole nitrogens is 1. The van der Waals surface area contributed by atoms with E-state index in [2.05, 4.69) is 27.4 Å². The van der Waals surface area contributed by atoms with Crippen LogP contribution in [0.4, 0.5) is 0 Å². The number of carbonyl (C=O) groups is 1. The van der Waals surface area contributed by atoms with Crippen molar-refractivity contribution in [1.82, 2.24) is 20.2 Å². The fraction of sp³-hybridized carbons (Fsp3) is 0.389. The van der Waals surface area contributed by atoms with Crippen LogP contribution < -0.4 is 10.9 Å². The number of aromatic amines is 1. The highest BCUT2D eigenvalue weighted by Crippen LogP contribution is 2.27.